The highest BCUT2D eigenvalue weighted by atomic mass is 16.6. The van der Waals surface area contributed by atoms with Crippen molar-refractivity contribution in [2.45, 2.75) is 264 Å². The predicted molar refractivity (Wildman–Crippen MR) is 320 cm³/mol. The quantitative estimate of drug-likeness (QED) is 0.0261. The van der Waals surface area contributed by atoms with Crippen LogP contribution in [0.4, 0.5) is 0 Å². The summed E-state index contributed by atoms with van der Waals surface area (Å²) in [6.45, 7) is 6.36. The lowest BCUT2D eigenvalue weighted by atomic mass is 10.1. The Hall–Kier alpha value is -4.45. The summed E-state index contributed by atoms with van der Waals surface area (Å²) in [6, 6.07) is 0. The van der Waals surface area contributed by atoms with Crippen molar-refractivity contribution >= 4 is 17.9 Å². The Balaban J connectivity index is 4.44. The van der Waals surface area contributed by atoms with E-state index in [-0.39, 0.29) is 31.1 Å². The van der Waals surface area contributed by atoms with Crippen LogP contribution in [0.1, 0.15) is 258 Å². The summed E-state index contributed by atoms with van der Waals surface area (Å²) in [5, 5.41) is 0. The van der Waals surface area contributed by atoms with Gasteiger partial charge < -0.3 is 14.2 Å². The van der Waals surface area contributed by atoms with Crippen LogP contribution in [0.2, 0.25) is 0 Å². The van der Waals surface area contributed by atoms with Crippen LogP contribution in [0.5, 0.6) is 0 Å². The Bertz CT molecular complexity index is 1600. The molecule has 0 bridgehead atoms. The molecule has 418 valence electrons. The Morgan fingerprint density at radius 2 is 0.527 bits per heavy atom. The third kappa shape index (κ3) is 58.4. The summed E-state index contributed by atoms with van der Waals surface area (Å²) in [7, 11) is 0. The zero-order valence-corrected chi connectivity index (χ0v) is 47.8. The van der Waals surface area contributed by atoms with E-state index >= 15 is 0 Å². The first-order valence-corrected chi connectivity index (χ1v) is 30.2. The van der Waals surface area contributed by atoms with Gasteiger partial charge in [-0.3, -0.25) is 14.4 Å². The first-order chi connectivity index (χ1) is 36.5. The van der Waals surface area contributed by atoms with E-state index in [0.717, 1.165) is 173 Å². The maximum Gasteiger partial charge on any atom is 0.306 e. The SMILES string of the molecule is CC/C=C\C/C=C\C/C=C\C/C=C\C/C=C\C/C=C\CCCCCCCCC(=O)OCC(COC(=O)CCCCCCC/C=C\C/C=C\C/C=C\CC)OC(=O)CCCCCCC/C=C\C/C=C\CCCCCC. The van der Waals surface area contributed by atoms with Gasteiger partial charge in [-0.1, -0.05) is 238 Å². The molecule has 1 atom stereocenters. The van der Waals surface area contributed by atoms with Gasteiger partial charge in [0.05, 0.1) is 0 Å². The third-order valence-electron chi connectivity index (χ3n) is 12.4. The van der Waals surface area contributed by atoms with Crippen molar-refractivity contribution in [3.8, 4) is 0 Å². The second-order valence-electron chi connectivity index (χ2n) is 19.5. The molecule has 0 heterocycles. The van der Waals surface area contributed by atoms with Gasteiger partial charge in [-0.15, -0.1) is 0 Å². The number of carbonyl (C=O) groups is 3. The van der Waals surface area contributed by atoms with Crippen molar-refractivity contribution in [3.63, 3.8) is 0 Å². The van der Waals surface area contributed by atoms with E-state index in [1.165, 1.54) is 44.9 Å². The maximum atomic E-state index is 12.9. The second-order valence-corrected chi connectivity index (χ2v) is 19.5. The lowest BCUT2D eigenvalue weighted by Crippen LogP contribution is -2.30. The molecule has 0 radical (unpaired) electrons. The molecule has 1 unspecified atom stereocenters. The molecule has 0 aliphatic rings. The molecule has 0 N–H and O–H groups in total. The van der Waals surface area contributed by atoms with Crippen molar-refractivity contribution in [3.05, 3.63) is 134 Å². The summed E-state index contributed by atoms with van der Waals surface area (Å²) in [5.41, 5.74) is 0. The second kappa shape index (κ2) is 61.1. The van der Waals surface area contributed by atoms with Gasteiger partial charge in [-0.25, -0.2) is 0 Å². The van der Waals surface area contributed by atoms with Gasteiger partial charge in [-0.05, 0) is 135 Å². The predicted octanol–water partition coefficient (Wildman–Crippen LogP) is 20.6. The molecule has 6 nitrogen and oxygen atoms in total. The van der Waals surface area contributed by atoms with E-state index < -0.39 is 6.10 Å². The van der Waals surface area contributed by atoms with Crippen molar-refractivity contribution in [1.29, 1.82) is 0 Å². The number of allylic oxidation sites excluding steroid dienone is 22. The van der Waals surface area contributed by atoms with Crippen LogP contribution in [-0.2, 0) is 28.6 Å². The van der Waals surface area contributed by atoms with Crippen LogP contribution in [-0.4, -0.2) is 37.2 Å². The van der Waals surface area contributed by atoms with Crippen molar-refractivity contribution in [2.75, 3.05) is 13.2 Å². The number of carbonyl (C=O) groups excluding carboxylic acids is 3. The molecule has 0 saturated carbocycles. The molecule has 0 spiro atoms. The molecule has 0 aromatic carbocycles. The van der Waals surface area contributed by atoms with Crippen LogP contribution in [0.3, 0.4) is 0 Å². The molecule has 0 amide bonds. The first kappa shape index (κ1) is 69.5. The molecule has 0 aliphatic heterocycles. The molecule has 0 saturated heterocycles. The summed E-state index contributed by atoms with van der Waals surface area (Å²) in [4.78, 5) is 38.2. The van der Waals surface area contributed by atoms with Gasteiger partial charge in [0.25, 0.3) is 0 Å². The molecule has 0 fully saturated rings. The number of rotatable bonds is 53. The number of esters is 3. The van der Waals surface area contributed by atoms with Crippen molar-refractivity contribution in [2.24, 2.45) is 0 Å². The average molecular weight is 1020 g/mol. The zero-order chi connectivity index (χ0) is 53.6. The standard InChI is InChI=1S/C68H110O6/c1-4-7-10-13-16-19-22-25-28-30-31-32-33-34-35-36-37-38-41-43-46-49-52-55-58-61-67(70)73-64-65(63-72-66(69)60-57-54-51-48-45-42-39-27-24-21-18-15-12-9-6-3)74-68(71)62-59-56-53-50-47-44-40-29-26-23-20-17-14-11-8-5-2/h7,9-10,12,16,18-21,23,25,27-29,31-32,34-35,37-40,65H,4-6,8,11,13-15,17,22,24,26,30,33,36,41-64H2,1-3H3/b10-7-,12-9-,19-16-,21-18-,23-20-,28-25-,32-31-,35-34-,38-37-,39-27-,40-29-. The minimum Gasteiger partial charge on any atom is -0.462 e. The Morgan fingerprint density at radius 1 is 0.284 bits per heavy atom. The third-order valence-corrected chi connectivity index (χ3v) is 12.4. The van der Waals surface area contributed by atoms with Gasteiger partial charge in [-0.2, -0.15) is 0 Å². The van der Waals surface area contributed by atoms with Gasteiger partial charge in [0.15, 0.2) is 6.10 Å². The number of unbranched alkanes of at least 4 members (excludes halogenated alkanes) is 20. The highest BCUT2D eigenvalue weighted by Crippen LogP contribution is 2.14. The van der Waals surface area contributed by atoms with Crippen molar-refractivity contribution < 1.29 is 28.6 Å². The molecule has 6 heteroatoms. The van der Waals surface area contributed by atoms with Crippen LogP contribution < -0.4 is 0 Å². The van der Waals surface area contributed by atoms with E-state index in [9.17, 15) is 14.4 Å². The van der Waals surface area contributed by atoms with E-state index in [0.29, 0.717) is 19.3 Å². The van der Waals surface area contributed by atoms with Crippen LogP contribution >= 0.6 is 0 Å². The number of hydrogen-bond donors (Lipinski definition) is 0. The van der Waals surface area contributed by atoms with E-state index in [1.54, 1.807) is 0 Å². The fraction of sp³-hybridized carbons (Fsp3) is 0.632. The summed E-state index contributed by atoms with van der Waals surface area (Å²) < 4.78 is 16.9. The van der Waals surface area contributed by atoms with Gasteiger partial charge in [0.2, 0.25) is 0 Å². The van der Waals surface area contributed by atoms with E-state index in [4.69, 9.17) is 14.2 Å². The van der Waals surface area contributed by atoms with Gasteiger partial charge in [0.1, 0.15) is 13.2 Å². The zero-order valence-electron chi connectivity index (χ0n) is 47.8. The summed E-state index contributed by atoms with van der Waals surface area (Å²) in [5.74, 6) is -0.947. The highest BCUT2D eigenvalue weighted by molar-refractivity contribution is 5.71. The number of hydrogen-bond acceptors (Lipinski definition) is 6. The van der Waals surface area contributed by atoms with Gasteiger partial charge >= 0.3 is 17.9 Å². The fourth-order valence-electron chi connectivity index (χ4n) is 7.90. The first-order valence-electron chi connectivity index (χ1n) is 30.2. The van der Waals surface area contributed by atoms with Crippen LogP contribution in [0.15, 0.2) is 134 Å². The molecule has 0 rings (SSSR count). The average Bonchev–Trinajstić information content (AvgIpc) is 3.40. The lowest BCUT2D eigenvalue weighted by Gasteiger charge is -2.18. The number of ether oxygens (including phenoxy) is 3. The Morgan fingerprint density at radius 3 is 0.824 bits per heavy atom. The maximum absolute atomic E-state index is 12.9. The topological polar surface area (TPSA) is 78.9 Å². The monoisotopic (exact) mass is 1020 g/mol. The normalized spacial score (nSPS) is 13.1. The largest absolute Gasteiger partial charge is 0.462 e. The van der Waals surface area contributed by atoms with Crippen LogP contribution in [0, 0.1) is 0 Å². The van der Waals surface area contributed by atoms with E-state index in [1.807, 2.05) is 0 Å². The fourth-order valence-corrected chi connectivity index (χ4v) is 7.90. The lowest BCUT2D eigenvalue weighted by molar-refractivity contribution is -0.167. The summed E-state index contributed by atoms with van der Waals surface area (Å²) >= 11 is 0. The van der Waals surface area contributed by atoms with Gasteiger partial charge in [0, 0.05) is 19.3 Å². The molecular formula is C68H110O6. The van der Waals surface area contributed by atoms with Crippen molar-refractivity contribution in [1.82, 2.24) is 0 Å². The minimum atomic E-state index is -0.805. The Kier molecular flexibility index (Phi) is 57.4. The minimum absolute atomic E-state index is 0.101. The smallest absolute Gasteiger partial charge is 0.306 e. The molecular weight excluding hydrogens is 913 g/mol. The van der Waals surface area contributed by atoms with Crippen LogP contribution in [0.25, 0.3) is 0 Å². The molecule has 0 aromatic rings. The molecule has 74 heavy (non-hydrogen) atoms. The molecule has 0 aromatic heterocycles. The Labute approximate surface area is 455 Å². The molecule has 0 aliphatic carbocycles. The highest BCUT2D eigenvalue weighted by Gasteiger charge is 2.19. The van der Waals surface area contributed by atoms with E-state index in [2.05, 4.69) is 154 Å². The summed E-state index contributed by atoms with van der Waals surface area (Å²) in [6.07, 6.45) is 85.8.